The van der Waals surface area contributed by atoms with Crippen LogP contribution in [0.1, 0.15) is 41.8 Å². The molecular weight excluding hydrogens is 538 g/mol. The molecule has 0 radical (unpaired) electrons. The van der Waals surface area contributed by atoms with Crippen LogP contribution in [0.5, 0.6) is 23.5 Å². The van der Waals surface area contributed by atoms with Gasteiger partial charge in [0.25, 0.3) is 11.9 Å². The van der Waals surface area contributed by atoms with Crippen LogP contribution < -0.4 is 29.6 Å². The first-order valence-corrected chi connectivity index (χ1v) is 17.6. The minimum absolute atomic E-state index is 0.0796. The Bertz CT molecular complexity index is 1380. The summed E-state index contributed by atoms with van der Waals surface area (Å²) in [5, 5.41) is 4.10. The van der Waals surface area contributed by atoms with E-state index in [0.29, 0.717) is 29.8 Å². The lowest BCUT2D eigenvalue weighted by Crippen LogP contribution is -2.49. The van der Waals surface area contributed by atoms with Gasteiger partial charge in [-0.05, 0) is 64.4 Å². The van der Waals surface area contributed by atoms with Gasteiger partial charge in [0.1, 0.15) is 5.75 Å². The highest BCUT2D eigenvalue weighted by atomic mass is 28.3. The molecule has 0 aliphatic carbocycles. The molecule has 1 N–H and O–H groups in total. The third-order valence-corrected chi connectivity index (χ3v) is 10.2. The zero-order chi connectivity index (χ0) is 29.5. The Morgan fingerprint density at radius 2 is 1.66 bits per heavy atom. The topological polar surface area (TPSA) is 102 Å². The van der Waals surface area contributed by atoms with Gasteiger partial charge in [0.15, 0.2) is 11.4 Å². The number of nitrogens with zero attached hydrogens (tertiary/aromatic N) is 4. The summed E-state index contributed by atoms with van der Waals surface area (Å²) in [6.45, 7) is 8.84. The number of nitrogens with one attached hydrogen (secondary N) is 1. The maximum Gasteiger partial charge on any atom is 0.291 e. The van der Waals surface area contributed by atoms with Crippen molar-refractivity contribution < 1.29 is 23.4 Å². The Balaban J connectivity index is 1.35. The molecular formula is C30H41N5O5Si. The summed E-state index contributed by atoms with van der Waals surface area (Å²) in [4.78, 5) is 27.3. The molecule has 0 saturated carbocycles. The molecule has 0 spiro atoms. The van der Waals surface area contributed by atoms with Gasteiger partial charge in [-0.2, -0.15) is 9.97 Å². The molecule has 2 fully saturated rings. The number of rotatable bonds is 9. The van der Waals surface area contributed by atoms with E-state index in [0.717, 1.165) is 31.2 Å². The minimum Gasteiger partial charge on any atom is -0.479 e. The lowest BCUT2D eigenvalue weighted by molar-refractivity contribution is 0.0990. The number of piperidine rings is 1. The van der Waals surface area contributed by atoms with Crippen molar-refractivity contribution in [2.24, 2.45) is 0 Å². The van der Waals surface area contributed by atoms with Crippen LogP contribution >= 0.6 is 0 Å². The maximum atomic E-state index is 13.2. The van der Waals surface area contributed by atoms with Crippen molar-refractivity contribution in [3.05, 3.63) is 41.7 Å². The second-order valence-corrected chi connectivity index (χ2v) is 17.3. The van der Waals surface area contributed by atoms with Crippen molar-refractivity contribution in [1.82, 2.24) is 14.9 Å². The number of methoxy groups -OCH3 is 2. The third-order valence-electron chi connectivity index (χ3n) is 8.20. The number of carbonyl (C=O) groups is 1. The Kier molecular flexibility index (Phi) is 8.02. The number of ether oxygens (including phenoxy) is 3. The molecule has 1 aromatic carbocycles. The van der Waals surface area contributed by atoms with Gasteiger partial charge in [-0.25, -0.2) is 0 Å². The maximum absolute atomic E-state index is 13.2. The summed E-state index contributed by atoms with van der Waals surface area (Å²) >= 11 is 0. The number of aromatic nitrogens is 2. The fourth-order valence-corrected chi connectivity index (χ4v) is 6.93. The molecule has 5 rings (SSSR count). The van der Waals surface area contributed by atoms with E-state index >= 15 is 0 Å². The smallest absolute Gasteiger partial charge is 0.291 e. The van der Waals surface area contributed by atoms with Crippen LogP contribution in [-0.4, -0.2) is 75.3 Å². The van der Waals surface area contributed by atoms with Crippen molar-refractivity contribution >= 4 is 30.8 Å². The van der Waals surface area contributed by atoms with Crippen LogP contribution in [0.25, 0.3) is 0 Å². The van der Waals surface area contributed by atoms with Gasteiger partial charge in [-0.3, -0.25) is 4.79 Å². The first kappa shape index (κ1) is 28.9. The number of hydrogen-bond donors (Lipinski definition) is 1. The first-order chi connectivity index (χ1) is 19.5. The van der Waals surface area contributed by atoms with Gasteiger partial charge in [0.2, 0.25) is 17.7 Å². The largest absolute Gasteiger partial charge is 0.479 e. The van der Waals surface area contributed by atoms with Gasteiger partial charge in [0, 0.05) is 24.2 Å². The van der Waals surface area contributed by atoms with E-state index in [9.17, 15) is 4.79 Å². The minimum atomic E-state index is -1.52. The summed E-state index contributed by atoms with van der Waals surface area (Å²) in [6, 6.07) is 10.7. The van der Waals surface area contributed by atoms with Crippen LogP contribution in [0.15, 0.2) is 34.7 Å². The van der Waals surface area contributed by atoms with Crippen LogP contribution in [0.4, 0.5) is 11.6 Å². The zero-order valence-corrected chi connectivity index (χ0v) is 26.3. The Hall–Kier alpha value is -3.57. The molecule has 2 saturated heterocycles. The molecule has 10 nitrogen and oxygen atoms in total. The van der Waals surface area contributed by atoms with Crippen molar-refractivity contribution in [3.63, 3.8) is 0 Å². The second-order valence-electron chi connectivity index (χ2n) is 12.2. The number of amides is 1. The number of anilines is 2. The van der Waals surface area contributed by atoms with E-state index in [2.05, 4.69) is 67.1 Å². The monoisotopic (exact) mass is 579 g/mol. The fourth-order valence-electron chi connectivity index (χ4n) is 5.78. The highest BCUT2D eigenvalue weighted by molar-refractivity contribution is 6.88. The van der Waals surface area contributed by atoms with E-state index in [1.54, 1.807) is 12.1 Å². The number of fused-ring (bicyclic) bond motifs is 2. The van der Waals surface area contributed by atoms with Crippen LogP contribution in [0.3, 0.4) is 0 Å². The number of furan rings is 1. The predicted octanol–water partition coefficient (Wildman–Crippen LogP) is 5.05. The second kappa shape index (κ2) is 11.4. The van der Waals surface area contributed by atoms with Crippen LogP contribution in [0.2, 0.25) is 19.6 Å². The van der Waals surface area contributed by atoms with Crippen molar-refractivity contribution in [1.29, 1.82) is 0 Å². The van der Waals surface area contributed by atoms with Gasteiger partial charge >= 0.3 is 0 Å². The Morgan fingerprint density at radius 3 is 2.22 bits per heavy atom. The molecule has 2 aliphatic heterocycles. The van der Waals surface area contributed by atoms with E-state index in [-0.39, 0.29) is 29.2 Å². The average molecular weight is 580 g/mol. The number of hydrogen-bond acceptors (Lipinski definition) is 9. The number of carbonyl (C=O) groups excluding carboxylic acids is 1. The molecule has 4 heterocycles. The van der Waals surface area contributed by atoms with E-state index in [4.69, 9.17) is 28.6 Å². The zero-order valence-electron chi connectivity index (χ0n) is 25.3. The molecule has 2 aliphatic rings. The van der Waals surface area contributed by atoms with Gasteiger partial charge in [-0.1, -0.05) is 37.0 Å². The summed E-state index contributed by atoms with van der Waals surface area (Å²) in [7, 11) is 5.79. The van der Waals surface area contributed by atoms with Gasteiger partial charge < -0.3 is 33.7 Å². The normalized spacial score (nSPS) is 20.3. The SMILES string of the molecule is COc1nc(N2C3CCC2CC(N(C)C)C3)nc(OC)c1NC(=O)c1ccc(Oc2cc([Si](C)(C)C)ccc2C)o1. The van der Waals surface area contributed by atoms with Crippen molar-refractivity contribution in [3.8, 4) is 23.5 Å². The standard InChI is InChI=1S/C30H41N5O5Si/c1-18-9-12-22(41(6,7)8)17-24(18)40-25-14-13-23(39-25)27(36)31-26-28(37-4)32-30(33-29(26)38-5)35-19-10-11-20(35)16-21(15-19)34(2)3/h9,12-14,17,19-21H,10-11,15-16H2,1-8H3,(H,31,36). The average Bonchev–Trinajstić information content (AvgIpc) is 3.50. The molecule has 41 heavy (non-hydrogen) atoms. The summed E-state index contributed by atoms with van der Waals surface area (Å²) in [5.74, 6) is 1.55. The lowest BCUT2D eigenvalue weighted by atomic mass is 9.97. The van der Waals surface area contributed by atoms with Crippen LogP contribution in [0, 0.1) is 6.92 Å². The Labute approximate surface area is 243 Å². The molecule has 2 unspecified atom stereocenters. The molecule has 2 bridgehead atoms. The quantitative estimate of drug-likeness (QED) is 0.349. The predicted molar refractivity (Wildman–Crippen MR) is 162 cm³/mol. The number of benzene rings is 1. The molecule has 3 aromatic rings. The summed E-state index contributed by atoms with van der Waals surface area (Å²) in [6.07, 6.45) is 4.32. The fraction of sp³-hybridized carbons (Fsp3) is 0.500. The van der Waals surface area contributed by atoms with Gasteiger partial charge in [0.05, 0.1) is 22.3 Å². The van der Waals surface area contributed by atoms with Crippen molar-refractivity contribution in [2.75, 3.05) is 38.5 Å². The van der Waals surface area contributed by atoms with E-state index < -0.39 is 14.0 Å². The lowest BCUT2D eigenvalue weighted by Gasteiger charge is -2.41. The highest BCUT2D eigenvalue weighted by Gasteiger charge is 2.43. The van der Waals surface area contributed by atoms with E-state index in [1.807, 2.05) is 6.92 Å². The number of aryl methyl sites for hydroxylation is 1. The molecule has 2 aromatic heterocycles. The highest BCUT2D eigenvalue weighted by Crippen LogP contribution is 2.42. The summed E-state index contributed by atoms with van der Waals surface area (Å²) < 4.78 is 23.0. The molecule has 1 amide bonds. The van der Waals surface area contributed by atoms with E-state index in [1.165, 1.54) is 19.4 Å². The third kappa shape index (κ3) is 5.92. The van der Waals surface area contributed by atoms with Crippen molar-refractivity contribution in [2.45, 2.75) is 70.4 Å². The molecule has 11 heteroatoms. The summed E-state index contributed by atoms with van der Waals surface area (Å²) in [5.41, 5.74) is 1.23. The molecule has 220 valence electrons. The molecule has 2 atom stereocenters. The van der Waals surface area contributed by atoms with Crippen LogP contribution in [-0.2, 0) is 0 Å². The Morgan fingerprint density at radius 1 is 1.02 bits per heavy atom. The first-order valence-electron chi connectivity index (χ1n) is 14.1. The van der Waals surface area contributed by atoms with Gasteiger partial charge in [-0.15, -0.1) is 0 Å².